The molecule has 0 bridgehead atoms. The fraction of sp³-hybridized carbons (Fsp3) is 0.786. The molecule has 5 N–H and O–H groups in total. The fourth-order valence-corrected chi connectivity index (χ4v) is 1.65. The Morgan fingerprint density at radius 3 is 2.38 bits per heavy atom. The summed E-state index contributed by atoms with van der Waals surface area (Å²) < 4.78 is 0. The smallest absolute Gasteiger partial charge is 0.239 e. The van der Waals surface area contributed by atoms with Crippen LogP contribution in [0.15, 0.2) is 0 Å². The maximum absolute atomic E-state index is 11.5. The normalized spacial score (nSPS) is 15.4. The molecular weight excluding hydrogens is 272 g/mol. The van der Waals surface area contributed by atoms with Crippen molar-refractivity contribution >= 4 is 17.7 Å². The van der Waals surface area contributed by atoms with Crippen LogP contribution < -0.4 is 21.7 Å². The van der Waals surface area contributed by atoms with Crippen LogP contribution >= 0.6 is 0 Å². The van der Waals surface area contributed by atoms with E-state index in [0.717, 1.165) is 12.8 Å². The third kappa shape index (κ3) is 7.65. The summed E-state index contributed by atoms with van der Waals surface area (Å²) in [5, 5.41) is 8.03. The lowest BCUT2D eigenvalue weighted by atomic mass is 10.1. The number of hydrogen-bond acceptors (Lipinski definition) is 4. The molecule has 0 unspecified atom stereocenters. The van der Waals surface area contributed by atoms with Gasteiger partial charge in [0.1, 0.15) is 0 Å². The van der Waals surface area contributed by atoms with Gasteiger partial charge in [0.2, 0.25) is 17.7 Å². The summed E-state index contributed by atoms with van der Waals surface area (Å²) >= 11 is 0. The Labute approximate surface area is 125 Å². The summed E-state index contributed by atoms with van der Waals surface area (Å²) in [5.41, 5.74) is 5.66. The summed E-state index contributed by atoms with van der Waals surface area (Å²) in [6.07, 6.45) is 3.13. The Morgan fingerprint density at radius 2 is 1.81 bits per heavy atom. The summed E-state index contributed by atoms with van der Waals surface area (Å²) in [4.78, 5) is 34.5. The average Bonchev–Trinajstić information content (AvgIpc) is 3.23. The second kappa shape index (κ2) is 8.61. The van der Waals surface area contributed by atoms with Gasteiger partial charge in [-0.15, -0.1) is 0 Å². The summed E-state index contributed by atoms with van der Waals surface area (Å²) in [6.45, 7) is 4.02. The quantitative estimate of drug-likeness (QED) is 0.420. The first-order valence-corrected chi connectivity index (χ1v) is 7.49. The summed E-state index contributed by atoms with van der Waals surface area (Å²) in [7, 11) is 0. The molecule has 0 radical (unpaired) electrons. The lowest BCUT2D eigenvalue weighted by molar-refractivity contribution is -0.127. The Morgan fingerprint density at radius 1 is 1.14 bits per heavy atom. The number of carbonyl (C=O) groups excluding carboxylic acids is 3. The molecule has 0 saturated heterocycles. The Bertz CT molecular complexity index is 380. The van der Waals surface area contributed by atoms with Gasteiger partial charge in [-0.25, -0.2) is 0 Å². The molecule has 0 spiro atoms. The zero-order chi connectivity index (χ0) is 15.8. The molecule has 7 nitrogen and oxygen atoms in total. The molecule has 21 heavy (non-hydrogen) atoms. The molecule has 120 valence electrons. The number of amides is 3. The first kappa shape index (κ1) is 17.4. The van der Waals surface area contributed by atoms with E-state index in [9.17, 15) is 14.4 Å². The van der Waals surface area contributed by atoms with Gasteiger partial charge in [-0.05, 0) is 25.2 Å². The first-order chi connectivity index (χ1) is 9.90. The van der Waals surface area contributed by atoms with Crippen molar-refractivity contribution in [2.24, 2.45) is 11.7 Å². The third-order valence-corrected chi connectivity index (χ3v) is 3.29. The molecule has 0 aromatic heterocycles. The van der Waals surface area contributed by atoms with Crippen LogP contribution in [0.4, 0.5) is 0 Å². The van der Waals surface area contributed by atoms with Crippen LogP contribution in [0.3, 0.4) is 0 Å². The Kier molecular flexibility index (Phi) is 7.14. The van der Waals surface area contributed by atoms with Crippen LogP contribution in [0.5, 0.6) is 0 Å². The number of nitrogens with one attached hydrogen (secondary N) is 3. The maximum atomic E-state index is 11.5. The number of hydrogen-bond donors (Lipinski definition) is 4. The van der Waals surface area contributed by atoms with E-state index in [1.54, 1.807) is 0 Å². The van der Waals surface area contributed by atoms with E-state index in [1.165, 1.54) is 0 Å². The van der Waals surface area contributed by atoms with Crippen LogP contribution in [0.2, 0.25) is 0 Å². The highest BCUT2D eigenvalue weighted by Gasteiger charge is 2.22. The second-order valence-electron chi connectivity index (χ2n) is 5.78. The minimum absolute atomic E-state index is 0.0260. The molecule has 1 rings (SSSR count). The molecule has 1 fully saturated rings. The number of nitrogens with two attached hydrogens (primary N) is 1. The second-order valence-corrected chi connectivity index (χ2v) is 5.78. The van der Waals surface area contributed by atoms with E-state index in [2.05, 4.69) is 16.0 Å². The number of rotatable bonds is 9. The predicted molar refractivity (Wildman–Crippen MR) is 79.2 cm³/mol. The molecule has 7 heteroatoms. The van der Waals surface area contributed by atoms with Crippen molar-refractivity contribution in [3.63, 3.8) is 0 Å². The van der Waals surface area contributed by atoms with Gasteiger partial charge in [0.25, 0.3) is 0 Å². The van der Waals surface area contributed by atoms with Gasteiger partial charge < -0.3 is 21.7 Å². The summed E-state index contributed by atoms with van der Waals surface area (Å²) in [5.74, 6) is -0.549. The largest absolute Gasteiger partial charge is 0.355 e. The van der Waals surface area contributed by atoms with Crippen molar-refractivity contribution < 1.29 is 14.4 Å². The predicted octanol–water partition coefficient (Wildman–Crippen LogP) is -0.739. The van der Waals surface area contributed by atoms with Crippen LogP contribution in [-0.4, -0.2) is 42.9 Å². The zero-order valence-corrected chi connectivity index (χ0v) is 12.8. The van der Waals surface area contributed by atoms with E-state index < -0.39 is 6.04 Å². The van der Waals surface area contributed by atoms with Crippen molar-refractivity contribution in [2.45, 2.75) is 51.6 Å². The van der Waals surface area contributed by atoms with Gasteiger partial charge in [-0.3, -0.25) is 14.4 Å². The van der Waals surface area contributed by atoms with Crippen molar-refractivity contribution in [1.82, 2.24) is 16.0 Å². The van der Waals surface area contributed by atoms with Gasteiger partial charge in [-0.1, -0.05) is 13.8 Å². The third-order valence-electron chi connectivity index (χ3n) is 3.29. The molecular formula is C14H26N4O3. The van der Waals surface area contributed by atoms with Gasteiger partial charge in [0, 0.05) is 19.0 Å². The van der Waals surface area contributed by atoms with Gasteiger partial charge >= 0.3 is 0 Å². The van der Waals surface area contributed by atoms with Gasteiger partial charge in [0.05, 0.1) is 12.6 Å². The average molecular weight is 298 g/mol. The minimum Gasteiger partial charge on any atom is -0.355 e. The Balaban J connectivity index is 2.02. The first-order valence-electron chi connectivity index (χ1n) is 7.49. The minimum atomic E-state index is -0.607. The maximum Gasteiger partial charge on any atom is 0.239 e. The molecule has 1 saturated carbocycles. The zero-order valence-electron chi connectivity index (χ0n) is 12.8. The highest BCUT2D eigenvalue weighted by atomic mass is 16.2. The van der Waals surface area contributed by atoms with Crippen molar-refractivity contribution in [3.8, 4) is 0 Å². The fourth-order valence-electron chi connectivity index (χ4n) is 1.65. The molecule has 0 heterocycles. The van der Waals surface area contributed by atoms with E-state index in [-0.39, 0.29) is 30.2 Å². The van der Waals surface area contributed by atoms with Crippen LogP contribution in [0.1, 0.15) is 39.5 Å². The van der Waals surface area contributed by atoms with Crippen molar-refractivity contribution in [1.29, 1.82) is 0 Å². The van der Waals surface area contributed by atoms with Crippen molar-refractivity contribution in [2.75, 3.05) is 13.1 Å². The molecule has 1 aliphatic rings. The molecule has 0 aliphatic heterocycles. The summed E-state index contributed by atoms with van der Waals surface area (Å²) in [6, 6.07) is -0.239. The van der Waals surface area contributed by atoms with Crippen LogP contribution in [-0.2, 0) is 14.4 Å². The lowest BCUT2D eigenvalue weighted by Gasteiger charge is -2.15. The number of carbonyl (C=O) groups is 3. The molecule has 1 atom stereocenters. The van der Waals surface area contributed by atoms with Gasteiger partial charge in [0.15, 0.2) is 0 Å². The van der Waals surface area contributed by atoms with E-state index in [4.69, 9.17) is 5.73 Å². The van der Waals surface area contributed by atoms with Crippen LogP contribution in [0.25, 0.3) is 0 Å². The highest BCUT2D eigenvalue weighted by molar-refractivity contribution is 5.87. The van der Waals surface area contributed by atoms with Gasteiger partial charge in [-0.2, -0.15) is 0 Å². The lowest BCUT2D eigenvalue weighted by Crippen LogP contribution is -2.47. The van der Waals surface area contributed by atoms with E-state index in [0.29, 0.717) is 25.4 Å². The monoisotopic (exact) mass is 298 g/mol. The SMILES string of the molecule is CC(C)[C@H](N)C(=O)NCC(=O)NCCCC(=O)NC1CC1. The van der Waals surface area contributed by atoms with Crippen molar-refractivity contribution in [3.05, 3.63) is 0 Å². The van der Waals surface area contributed by atoms with E-state index in [1.807, 2.05) is 13.8 Å². The molecule has 1 aliphatic carbocycles. The van der Waals surface area contributed by atoms with E-state index >= 15 is 0 Å². The standard InChI is InChI=1S/C14H26N4O3/c1-9(2)13(15)14(21)17-8-12(20)16-7-3-4-11(19)18-10-5-6-10/h9-10,13H,3-8,15H2,1-2H3,(H,16,20)(H,17,21)(H,18,19)/t13-/m0/s1. The highest BCUT2D eigenvalue weighted by Crippen LogP contribution is 2.18. The molecule has 0 aromatic carbocycles. The Hall–Kier alpha value is -1.63. The topological polar surface area (TPSA) is 113 Å². The molecule has 3 amide bonds. The van der Waals surface area contributed by atoms with Crippen LogP contribution in [0, 0.1) is 5.92 Å². The molecule has 0 aromatic rings.